The van der Waals surface area contributed by atoms with Crippen molar-refractivity contribution in [2.45, 2.75) is 6.92 Å². The highest BCUT2D eigenvalue weighted by atomic mass is 16.1. The van der Waals surface area contributed by atoms with E-state index in [0.29, 0.717) is 5.56 Å². The molecule has 0 saturated carbocycles. The van der Waals surface area contributed by atoms with Gasteiger partial charge in [-0.25, -0.2) is 0 Å². The summed E-state index contributed by atoms with van der Waals surface area (Å²) in [5.74, 6) is 0. The van der Waals surface area contributed by atoms with Crippen molar-refractivity contribution in [3.05, 3.63) is 125 Å². The zero-order valence-corrected chi connectivity index (χ0v) is 16.9. The first-order chi connectivity index (χ1) is 14.7. The average Bonchev–Trinajstić information content (AvgIpc) is 2.81. The molecule has 0 aromatic heterocycles. The zero-order valence-electron chi connectivity index (χ0n) is 16.9. The Balaban J connectivity index is 1.63. The molecular formula is C28H23NO. The van der Waals surface area contributed by atoms with Gasteiger partial charge in [-0.1, -0.05) is 72.3 Å². The van der Waals surface area contributed by atoms with E-state index in [1.54, 1.807) is 0 Å². The summed E-state index contributed by atoms with van der Waals surface area (Å²) in [6.45, 7) is 2.09. The van der Waals surface area contributed by atoms with Crippen molar-refractivity contribution in [1.82, 2.24) is 0 Å². The minimum Gasteiger partial charge on any atom is -0.311 e. The van der Waals surface area contributed by atoms with Crippen LogP contribution in [0.15, 0.2) is 103 Å². The van der Waals surface area contributed by atoms with Crippen LogP contribution in [0.3, 0.4) is 0 Å². The molecule has 4 aromatic carbocycles. The normalized spacial score (nSPS) is 10.8. The summed E-state index contributed by atoms with van der Waals surface area (Å²) < 4.78 is 0. The molecule has 4 aromatic rings. The number of aryl methyl sites for hydroxylation is 1. The molecule has 4 rings (SSSR count). The topological polar surface area (TPSA) is 20.3 Å². The molecule has 0 aliphatic carbocycles. The summed E-state index contributed by atoms with van der Waals surface area (Å²) in [7, 11) is 0. The van der Waals surface area contributed by atoms with Gasteiger partial charge in [0.2, 0.25) is 0 Å². The molecule has 2 nitrogen and oxygen atoms in total. The summed E-state index contributed by atoms with van der Waals surface area (Å²) in [4.78, 5) is 13.2. The van der Waals surface area contributed by atoms with E-state index in [-0.39, 0.29) is 0 Å². The third-order valence-corrected chi connectivity index (χ3v) is 5.00. The minimum atomic E-state index is 0.670. The van der Waals surface area contributed by atoms with E-state index in [2.05, 4.69) is 84.6 Å². The molecule has 0 saturated heterocycles. The van der Waals surface area contributed by atoms with Crippen molar-refractivity contribution in [2.24, 2.45) is 0 Å². The second-order valence-electron chi connectivity index (χ2n) is 7.22. The third kappa shape index (κ3) is 4.56. The zero-order chi connectivity index (χ0) is 20.8. The molecule has 0 radical (unpaired) electrons. The largest absolute Gasteiger partial charge is 0.311 e. The van der Waals surface area contributed by atoms with Gasteiger partial charge in [0, 0.05) is 22.6 Å². The second-order valence-corrected chi connectivity index (χ2v) is 7.22. The van der Waals surface area contributed by atoms with Gasteiger partial charge in [-0.3, -0.25) is 4.79 Å². The number of carbonyl (C=O) groups excluding carboxylic acids is 1. The van der Waals surface area contributed by atoms with Crippen molar-refractivity contribution < 1.29 is 4.79 Å². The fraction of sp³-hybridized carbons (Fsp3) is 0.0357. The monoisotopic (exact) mass is 389 g/mol. The first kappa shape index (κ1) is 19.4. The van der Waals surface area contributed by atoms with Crippen LogP contribution in [0.5, 0.6) is 0 Å². The van der Waals surface area contributed by atoms with Crippen molar-refractivity contribution in [3.8, 4) is 0 Å². The van der Waals surface area contributed by atoms with E-state index in [4.69, 9.17) is 0 Å². The van der Waals surface area contributed by atoms with Crippen LogP contribution in [0.1, 0.15) is 27.0 Å². The van der Waals surface area contributed by atoms with Gasteiger partial charge in [0.25, 0.3) is 0 Å². The molecule has 2 heteroatoms. The van der Waals surface area contributed by atoms with Gasteiger partial charge < -0.3 is 4.90 Å². The van der Waals surface area contributed by atoms with Crippen molar-refractivity contribution >= 4 is 35.5 Å². The van der Waals surface area contributed by atoms with Crippen LogP contribution < -0.4 is 4.90 Å². The quantitative estimate of drug-likeness (QED) is 0.252. The molecule has 0 amide bonds. The van der Waals surface area contributed by atoms with Gasteiger partial charge in [-0.2, -0.15) is 0 Å². The number of anilines is 3. The maximum absolute atomic E-state index is 11.0. The SMILES string of the molecule is Cc1ccc(/C=C/c2ccc(N(c3ccccc3)c3ccc(C=O)cc3)cc2)cc1. The maximum atomic E-state index is 11.0. The summed E-state index contributed by atoms with van der Waals surface area (Å²) >= 11 is 0. The Kier molecular flexibility index (Phi) is 5.86. The Hall–Kier alpha value is -3.91. The first-order valence-electron chi connectivity index (χ1n) is 9.98. The van der Waals surface area contributed by atoms with Crippen LogP contribution in [0, 0.1) is 6.92 Å². The van der Waals surface area contributed by atoms with Gasteiger partial charge in [-0.05, 0) is 66.6 Å². The average molecular weight is 389 g/mol. The lowest BCUT2D eigenvalue weighted by Gasteiger charge is -2.25. The fourth-order valence-electron chi connectivity index (χ4n) is 3.33. The number of rotatable bonds is 6. The summed E-state index contributed by atoms with van der Waals surface area (Å²) in [6.07, 6.45) is 5.12. The van der Waals surface area contributed by atoms with Crippen LogP contribution in [0.2, 0.25) is 0 Å². The highest BCUT2D eigenvalue weighted by Gasteiger charge is 2.11. The summed E-state index contributed by atoms with van der Waals surface area (Å²) in [6, 6.07) is 34.8. The van der Waals surface area contributed by atoms with Gasteiger partial charge in [0.1, 0.15) is 6.29 Å². The standard InChI is InChI=1S/C28H23NO/c1-22-7-9-23(10-8-22)11-12-24-13-17-27(18-14-24)29(26-5-3-2-4-6-26)28-19-15-25(21-30)16-20-28/h2-21H,1H3/b12-11+. The lowest BCUT2D eigenvalue weighted by molar-refractivity contribution is 0.112. The lowest BCUT2D eigenvalue weighted by atomic mass is 10.1. The molecule has 30 heavy (non-hydrogen) atoms. The molecule has 0 fully saturated rings. The molecule has 146 valence electrons. The smallest absolute Gasteiger partial charge is 0.150 e. The molecular weight excluding hydrogens is 366 g/mol. The number of nitrogens with zero attached hydrogens (tertiary/aromatic N) is 1. The van der Waals surface area contributed by atoms with Crippen molar-refractivity contribution in [3.63, 3.8) is 0 Å². The Morgan fingerprint density at radius 3 is 1.47 bits per heavy atom. The van der Waals surface area contributed by atoms with E-state index < -0.39 is 0 Å². The Morgan fingerprint density at radius 1 is 0.533 bits per heavy atom. The molecule has 0 unspecified atom stereocenters. The van der Waals surface area contributed by atoms with Crippen molar-refractivity contribution in [1.29, 1.82) is 0 Å². The Bertz CT molecular complexity index is 1130. The highest BCUT2D eigenvalue weighted by Crippen LogP contribution is 2.34. The molecule has 0 N–H and O–H groups in total. The second kappa shape index (κ2) is 9.06. The molecule has 0 aliphatic heterocycles. The lowest BCUT2D eigenvalue weighted by Crippen LogP contribution is -2.09. The Morgan fingerprint density at radius 2 is 0.967 bits per heavy atom. The fourth-order valence-corrected chi connectivity index (χ4v) is 3.33. The molecule has 0 bridgehead atoms. The molecule has 0 aliphatic rings. The van der Waals surface area contributed by atoms with E-state index >= 15 is 0 Å². The van der Waals surface area contributed by atoms with Crippen LogP contribution in [0.25, 0.3) is 12.2 Å². The number of hydrogen-bond donors (Lipinski definition) is 0. The predicted molar refractivity (Wildman–Crippen MR) is 127 cm³/mol. The number of para-hydroxylation sites is 1. The third-order valence-electron chi connectivity index (χ3n) is 5.00. The van der Waals surface area contributed by atoms with Gasteiger partial charge >= 0.3 is 0 Å². The van der Waals surface area contributed by atoms with Crippen LogP contribution >= 0.6 is 0 Å². The number of benzene rings is 4. The summed E-state index contributed by atoms with van der Waals surface area (Å²) in [5.41, 5.74) is 7.40. The predicted octanol–water partition coefficient (Wildman–Crippen LogP) is 7.45. The van der Waals surface area contributed by atoms with E-state index in [0.717, 1.165) is 28.9 Å². The number of hydrogen-bond acceptors (Lipinski definition) is 2. The summed E-state index contributed by atoms with van der Waals surface area (Å²) in [5, 5.41) is 0. The number of carbonyl (C=O) groups is 1. The molecule has 0 heterocycles. The molecule has 0 atom stereocenters. The van der Waals surface area contributed by atoms with Crippen LogP contribution in [0.4, 0.5) is 17.1 Å². The van der Waals surface area contributed by atoms with E-state index in [1.807, 2.05) is 42.5 Å². The van der Waals surface area contributed by atoms with Crippen molar-refractivity contribution in [2.75, 3.05) is 4.90 Å². The van der Waals surface area contributed by atoms with Gasteiger partial charge in [0.05, 0.1) is 0 Å². The van der Waals surface area contributed by atoms with Crippen LogP contribution in [-0.4, -0.2) is 6.29 Å². The first-order valence-corrected chi connectivity index (χ1v) is 9.98. The van der Waals surface area contributed by atoms with E-state index in [9.17, 15) is 4.79 Å². The number of aldehydes is 1. The minimum absolute atomic E-state index is 0.670. The van der Waals surface area contributed by atoms with E-state index in [1.165, 1.54) is 11.1 Å². The van der Waals surface area contributed by atoms with Gasteiger partial charge in [-0.15, -0.1) is 0 Å². The Labute approximate surface area is 177 Å². The molecule has 0 spiro atoms. The van der Waals surface area contributed by atoms with Gasteiger partial charge in [0.15, 0.2) is 0 Å². The maximum Gasteiger partial charge on any atom is 0.150 e. The van der Waals surface area contributed by atoms with Crippen LogP contribution in [-0.2, 0) is 0 Å². The highest BCUT2D eigenvalue weighted by molar-refractivity contribution is 5.81.